The van der Waals surface area contributed by atoms with Gasteiger partial charge in [-0.2, -0.15) is 0 Å². The number of piperidine rings is 1. The van der Waals surface area contributed by atoms with Crippen LogP contribution in [-0.2, 0) is 33.9 Å². The molecular formula is C29H35FN4O4. The second-order valence-corrected chi connectivity index (χ2v) is 11.4. The quantitative estimate of drug-likeness (QED) is 0.561. The maximum atomic E-state index is 14.9. The van der Waals surface area contributed by atoms with Crippen LogP contribution in [0.25, 0.3) is 0 Å². The second kappa shape index (κ2) is 9.78. The van der Waals surface area contributed by atoms with E-state index in [1.54, 1.807) is 24.3 Å². The Kier molecular flexibility index (Phi) is 5.83. The molecule has 3 aliphatic rings. The summed E-state index contributed by atoms with van der Waals surface area (Å²) in [5, 5.41) is 5.13. The van der Waals surface area contributed by atoms with Gasteiger partial charge in [0.05, 0.1) is 15.3 Å². The van der Waals surface area contributed by atoms with Crippen LogP contribution in [0.15, 0.2) is 36.4 Å². The minimum atomic E-state index is -2.54. The lowest BCUT2D eigenvalue weighted by Gasteiger charge is -2.47. The van der Waals surface area contributed by atoms with Gasteiger partial charge in [-0.05, 0) is 63.9 Å². The van der Waals surface area contributed by atoms with Crippen LogP contribution in [0.4, 0.5) is 10.1 Å². The standard InChI is InChI=1S/C29H35FN4O4/c1-28(2)16-33(17-29(3,4)38-28)14-18-8-9-22(30)19(12-18)13-31-23-7-5-6-20-21(23)15-34(27(20)37)24-10-11-25(35)32-26(24)36/h5-9,12,24,31H,10-11,13-17H2,1-4H3,(H,32,35,36)/i15D2,24D. The van der Waals surface area contributed by atoms with Crippen molar-refractivity contribution in [3.8, 4) is 0 Å². The first-order valence-electron chi connectivity index (χ1n) is 14.3. The van der Waals surface area contributed by atoms with Crippen molar-refractivity contribution in [3.63, 3.8) is 0 Å². The number of anilines is 1. The van der Waals surface area contributed by atoms with E-state index in [2.05, 4.69) is 10.2 Å². The van der Waals surface area contributed by atoms with Crippen molar-refractivity contribution >= 4 is 23.4 Å². The fourth-order valence-electron chi connectivity index (χ4n) is 5.66. The molecule has 2 saturated heterocycles. The number of halogens is 1. The van der Waals surface area contributed by atoms with E-state index < -0.39 is 36.1 Å². The molecule has 0 saturated carbocycles. The molecule has 0 bridgehead atoms. The molecule has 2 aromatic rings. The minimum absolute atomic E-state index is 0.00287. The lowest BCUT2D eigenvalue weighted by atomic mass is 9.98. The van der Waals surface area contributed by atoms with Gasteiger partial charge in [0.1, 0.15) is 11.8 Å². The molecule has 9 heteroatoms. The van der Waals surface area contributed by atoms with Gasteiger partial charge in [-0.3, -0.25) is 24.6 Å². The van der Waals surface area contributed by atoms with Crippen LogP contribution in [0.5, 0.6) is 0 Å². The van der Waals surface area contributed by atoms with Gasteiger partial charge in [0.2, 0.25) is 11.8 Å². The molecule has 38 heavy (non-hydrogen) atoms. The molecule has 8 nitrogen and oxygen atoms in total. The number of amides is 3. The molecule has 0 spiro atoms. The van der Waals surface area contributed by atoms with Gasteiger partial charge in [-0.25, -0.2) is 4.39 Å². The number of rotatable bonds is 6. The van der Waals surface area contributed by atoms with E-state index in [1.807, 2.05) is 33.0 Å². The smallest absolute Gasteiger partial charge is 0.255 e. The van der Waals surface area contributed by atoms with Gasteiger partial charge in [0.25, 0.3) is 5.91 Å². The third kappa shape index (κ3) is 5.44. The zero-order valence-electron chi connectivity index (χ0n) is 25.1. The predicted octanol–water partition coefficient (Wildman–Crippen LogP) is 3.59. The fourth-order valence-corrected chi connectivity index (χ4v) is 5.66. The minimum Gasteiger partial charge on any atom is -0.381 e. The lowest BCUT2D eigenvalue weighted by Crippen LogP contribution is -2.56. The molecule has 2 aromatic carbocycles. The lowest BCUT2D eigenvalue weighted by molar-refractivity contribution is -0.182. The van der Waals surface area contributed by atoms with E-state index in [4.69, 9.17) is 8.85 Å². The number of fused-ring (bicyclic) bond motifs is 1. The van der Waals surface area contributed by atoms with Gasteiger partial charge in [-0.15, -0.1) is 0 Å². The van der Waals surface area contributed by atoms with E-state index in [1.165, 1.54) is 12.1 Å². The van der Waals surface area contributed by atoms with Crippen molar-refractivity contribution in [2.24, 2.45) is 0 Å². The molecule has 3 heterocycles. The Hall–Kier alpha value is -3.30. The van der Waals surface area contributed by atoms with E-state index >= 15 is 0 Å². The molecule has 3 amide bonds. The van der Waals surface area contributed by atoms with Crippen LogP contribution in [-0.4, -0.2) is 57.8 Å². The first kappa shape index (κ1) is 22.7. The summed E-state index contributed by atoms with van der Waals surface area (Å²) < 4.78 is 47.4. The molecule has 3 aliphatic heterocycles. The van der Waals surface area contributed by atoms with E-state index in [-0.39, 0.29) is 47.4 Å². The summed E-state index contributed by atoms with van der Waals surface area (Å²) in [5.41, 5.74) is 0.863. The third-order valence-corrected chi connectivity index (χ3v) is 6.84. The number of carbonyl (C=O) groups is 3. The number of nitrogens with one attached hydrogen (secondary N) is 2. The predicted molar refractivity (Wildman–Crippen MR) is 141 cm³/mol. The van der Waals surface area contributed by atoms with E-state index in [0.29, 0.717) is 17.0 Å². The van der Waals surface area contributed by atoms with E-state index in [0.717, 1.165) is 18.7 Å². The molecule has 2 fully saturated rings. The summed E-state index contributed by atoms with van der Waals surface area (Å²) in [6, 6.07) is 7.21. The van der Waals surface area contributed by atoms with Crippen LogP contribution in [0.2, 0.25) is 0 Å². The van der Waals surface area contributed by atoms with Crippen molar-refractivity contribution < 1.29 is 27.6 Å². The average Bonchev–Trinajstić information content (AvgIpc) is 3.06. The zero-order valence-corrected chi connectivity index (χ0v) is 22.1. The molecule has 1 atom stereocenters. The highest BCUT2D eigenvalue weighted by atomic mass is 19.1. The maximum Gasteiger partial charge on any atom is 0.255 e. The van der Waals surface area contributed by atoms with Gasteiger partial charge < -0.3 is 15.0 Å². The second-order valence-electron chi connectivity index (χ2n) is 11.4. The van der Waals surface area contributed by atoms with Crippen molar-refractivity contribution in [1.82, 2.24) is 15.1 Å². The van der Waals surface area contributed by atoms with Gasteiger partial charge in [0.15, 0.2) is 0 Å². The highest BCUT2D eigenvalue weighted by Gasteiger charge is 2.40. The summed E-state index contributed by atoms with van der Waals surface area (Å²) in [5.74, 6) is -2.86. The molecular weight excluding hydrogens is 487 g/mol. The number of morpholine rings is 1. The fraction of sp³-hybridized carbons (Fsp3) is 0.483. The van der Waals surface area contributed by atoms with Gasteiger partial charge in [-0.1, -0.05) is 12.1 Å². The van der Waals surface area contributed by atoms with Crippen molar-refractivity contribution in [3.05, 3.63) is 64.5 Å². The summed E-state index contributed by atoms with van der Waals surface area (Å²) in [6.45, 7) is 7.72. The first-order valence-corrected chi connectivity index (χ1v) is 12.8. The summed E-state index contributed by atoms with van der Waals surface area (Å²) in [4.78, 5) is 40.5. The van der Waals surface area contributed by atoms with E-state index in [9.17, 15) is 18.8 Å². The molecule has 202 valence electrons. The number of carbonyl (C=O) groups excluding carboxylic acids is 3. The van der Waals surface area contributed by atoms with Gasteiger partial charge in [0, 0.05) is 61.5 Å². The van der Waals surface area contributed by atoms with Gasteiger partial charge >= 0.3 is 0 Å². The normalized spacial score (nSPS) is 27.2. The van der Waals surface area contributed by atoms with Crippen LogP contribution < -0.4 is 10.6 Å². The molecule has 5 rings (SSSR count). The van der Waals surface area contributed by atoms with Crippen LogP contribution in [0.1, 0.15) is 71.7 Å². The van der Waals surface area contributed by atoms with Crippen LogP contribution in [0.3, 0.4) is 0 Å². The number of hydrogen-bond acceptors (Lipinski definition) is 6. The Morgan fingerprint density at radius 2 is 1.89 bits per heavy atom. The summed E-state index contributed by atoms with van der Waals surface area (Å²) in [6.07, 6.45) is -0.513. The molecule has 0 aromatic heterocycles. The number of imide groups is 1. The van der Waals surface area contributed by atoms with Crippen molar-refractivity contribution in [2.45, 2.75) is 77.3 Å². The first-order chi connectivity index (χ1) is 19.0. The average molecular weight is 526 g/mol. The number of benzene rings is 2. The SMILES string of the molecule is [2H]C1(N2C(=O)c3cccc(NCc4cc(CN5CC(C)(C)OC(C)(C)C5)ccc4F)c3C2([2H])[2H])CCC(=O)NC1=O. The zero-order chi connectivity index (χ0) is 30.0. The van der Waals surface area contributed by atoms with Crippen LogP contribution in [0, 0.1) is 5.82 Å². The summed E-state index contributed by atoms with van der Waals surface area (Å²) in [7, 11) is 0. The summed E-state index contributed by atoms with van der Waals surface area (Å²) >= 11 is 0. The topological polar surface area (TPSA) is 91.0 Å². The molecule has 0 radical (unpaired) electrons. The Morgan fingerprint density at radius 3 is 2.61 bits per heavy atom. The Balaban J connectivity index is 1.38. The Labute approximate surface area is 226 Å². The Morgan fingerprint density at radius 1 is 1.16 bits per heavy atom. The molecule has 2 N–H and O–H groups in total. The number of ether oxygens (including phenoxy) is 1. The Bertz CT molecular complexity index is 1420. The highest BCUT2D eigenvalue weighted by molar-refractivity contribution is 6.06. The molecule has 1 unspecified atom stereocenters. The number of hydrogen-bond donors (Lipinski definition) is 2. The van der Waals surface area contributed by atoms with Crippen molar-refractivity contribution in [1.29, 1.82) is 0 Å². The van der Waals surface area contributed by atoms with Crippen molar-refractivity contribution in [2.75, 3.05) is 18.4 Å². The highest BCUT2D eigenvalue weighted by Crippen LogP contribution is 2.33. The maximum absolute atomic E-state index is 14.9. The monoisotopic (exact) mass is 525 g/mol. The molecule has 0 aliphatic carbocycles. The largest absolute Gasteiger partial charge is 0.381 e. The number of nitrogens with zero attached hydrogens (tertiary/aromatic N) is 2. The third-order valence-electron chi connectivity index (χ3n) is 6.84. The van der Waals surface area contributed by atoms with Crippen LogP contribution >= 0.6 is 0 Å².